The third-order valence-corrected chi connectivity index (χ3v) is 6.66. The minimum Gasteiger partial charge on any atom is -0.377 e. The number of fused-ring (bicyclic) bond motifs is 2. The number of amides is 1. The van der Waals surface area contributed by atoms with Crippen molar-refractivity contribution < 1.29 is 9.53 Å². The van der Waals surface area contributed by atoms with E-state index in [0.717, 1.165) is 31.3 Å². The molecule has 0 radical (unpaired) electrons. The number of aliphatic imine (C=N–C) groups is 1. The van der Waals surface area contributed by atoms with Crippen LogP contribution in [0.1, 0.15) is 32.1 Å². The summed E-state index contributed by atoms with van der Waals surface area (Å²) in [7, 11) is 3.54. The van der Waals surface area contributed by atoms with Gasteiger partial charge in [-0.05, 0) is 25.5 Å². The Hall–Kier alpha value is -0.950. The van der Waals surface area contributed by atoms with Gasteiger partial charge >= 0.3 is 0 Å². The zero-order valence-electron chi connectivity index (χ0n) is 15.7. The van der Waals surface area contributed by atoms with E-state index in [9.17, 15) is 4.79 Å². The molecule has 3 atom stereocenters. The summed E-state index contributed by atoms with van der Waals surface area (Å²) in [5.74, 6) is 2.42. The van der Waals surface area contributed by atoms with Gasteiger partial charge < -0.3 is 20.3 Å². The van der Waals surface area contributed by atoms with E-state index in [0.29, 0.717) is 18.1 Å². The number of likely N-dealkylation sites (N-methyl/N-ethyl adjacent to an activating group) is 1. The molecule has 3 aliphatic rings. The highest BCUT2D eigenvalue weighted by atomic mass is 32.2. The lowest BCUT2D eigenvalue weighted by Crippen LogP contribution is -2.69. The van der Waals surface area contributed by atoms with Crippen LogP contribution in [-0.2, 0) is 9.53 Å². The summed E-state index contributed by atoms with van der Waals surface area (Å²) in [5, 5.41) is 7.10. The van der Waals surface area contributed by atoms with Crippen LogP contribution in [-0.4, -0.2) is 74.7 Å². The molecule has 3 unspecified atom stereocenters. The molecule has 0 aromatic heterocycles. The molecule has 2 aliphatic carbocycles. The SMILES string of the molecule is CSCCNC(=NCC(=O)N(C)C)NC1C2CCOC2C12CCCC2. The van der Waals surface area contributed by atoms with Gasteiger partial charge in [0.1, 0.15) is 6.54 Å². The number of guanidine groups is 1. The molecule has 3 fully saturated rings. The number of carbonyl (C=O) groups is 1. The molecule has 1 heterocycles. The molecule has 6 nitrogen and oxygen atoms in total. The Morgan fingerprint density at radius 3 is 2.80 bits per heavy atom. The van der Waals surface area contributed by atoms with E-state index in [2.05, 4.69) is 21.9 Å². The molecular weight excluding hydrogens is 336 g/mol. The van der Waals surface area contributed by atoms with Crippen molar-refractivity contribution in [3.8, 4) is 0 Å². The van der Waals surface area contributed by atoms with Crippen LogP contribution < -0.4 is 10.6 Å². The number of hydrogen-bond donors (Lipinski definition) is 2. The number of hydrogen-bond acceptors (Lipinski definition) is 4. The van der Waals surface area contributed by atoms with Crippen molar-refractivity contribution in [3.05, 3.63) is 0 Å². The van der Waals surface area contributed by atoms with Gasteiger partial charge in [0.2, 0.25) is 5.91 Å². The Bertz CT molecular complexity index is 505. The lowest BCUT2D eigenvalue weighted by atomic mass is 9.54. The van der Waals surface area contributed by atoms with Gasteiger partial charge in [0, 0.05) is 50.4 Å². The molecule has 1 saturated heterocycles. The predicted octanol–water partition coefficient (Wildman–Crippen LogP) is 1.32. The second-order valence-corrected chi connectivity index (χ2v) is 8.66. The summed E-state index contributed by atoms with van der Waals surface area (Å²) in [4.78, 5) is 18.1. The van der Waals surface area contributed by atoms with Crippen LogP contribution in [0.5, 0.6) is 0 Å². The smallest absolute Gasteiger partial charge is 0.243 e. The highest BCUT2D eigenvalue weighted by Crippen LogP contribution is 2.60. The number of carbonyl (C=O) groups excluding carboxylic acids is 1. The van der Waals surface area contributed by atoms with E-state index in [1.807, 2.05) is 0 Å². The highest BCUT2D eigenvalue weighted by Gasteiger charge is 2.65. The lowest BCUT2D eigenvalue weighted by Gasteiger charge is -2.57. The third kappa shape index (κ3) is 3.77. The van der Waals surface area contributed by atoms with E-state index in [1.54, 1.807) is 30.8 Å². The summed E-state index contributed by atoms with van der Waals surface area (Å²) in [6.45, 7) is 1.93. The monoisotopic (exact) mass is 368 g/mol. The van der Waals surface area contributed by atoms with Crippen LogP contribution in [0.3, 0.4) is 0 Å². The van der Waals surface area contributed by atoms with Crippen molar-refractivity contribution in [2.45, 2.75) is 44.2 Å². The first-order valence-corrected chi connectivity index (χ1v) is 10.8. The summed E-state index contributed by atoms with van der Waals surface area (Å²) in [6, 6.07) is 0.428. The molecular formula is C18H32N4O2S. The minimum absolute atomic E-state index is 0.0252. The zero-order chi connectivity index (χ0) is 17.9. The Morgan fingerprint density at radius 1 is 1.36 bits per heavy atom. The Morgan fingerprint density at radius 2 is 2.12 bits per heavy atom. The first kappa shape index (κ1) is 18.8. The van der Waals surface area contributed by atoms with E-state index < -0.39 is 0 Å². The average Bonchev–Trinajstić information content (AvgIpc) is 3.24. The summed E-state index contributed by atoms with van der Waals surface area (Å²) < 4.78 is 6.07. The van der Waals surface area contributed by atoms with E-state index >= 15 is 0 Å². The Labute approximate surface area is 155 Å². The molecule has 0 bridgehead atoms. The van der Waals surface area contributed by atoms with Crippen LogP contribution in [0.15, 0.2) is 4.99 Å². The summed E-state index contributed by atoms with van der Waals surface area (Å²) in [6.07, 6.45) is 8.77. The Balaban J connectivity index is 1.67. The van der Waals surface area contributed by atoms with Gasteiger partial charge in [0.05, 0.1) is 6.10 Å². The van der Waals surface area contributed by atoms with Gasteiger partial charge in [-0.25, -0.2) is 4.99 Å². The number of nitrogens with one attached hydrogen (secondary N) is 2. The number of rotatable bonds is 6. The fraction of sp³-hybridized carbons (Fsp3) is 0.889. The first-order chi connectivity index (χ1) is 12.1. The highest BCUT2D eigenvalue weighted by molar-refractivity contribution is 7.98. The second-order valence-electron chi connectivity index (χ2n) is 7.68. The van der Waals surface area contributed by atoms with Crippen molar-refractivity contribution in [2.75, 3.05) is 45.8 Å². The van der Waals surface area contributed by atoms with Crippen molar-refractivity contribution in [3.63, 3.8) is 0 Å². The number of thioether (sulfide) groups is 1. The average molecular weight is 369 g/mol. The number of nitrogens with zero attached hydrogens (tertiary/aromatic N) is 2. The maximum atomic E-state index is 11.9. The molecule has 2 saturated carbocycles. The van der Waals surface area contributed by atoms with Crippen LogP contribution in [0, 0.1) is 11.3 Å². The molecule has 1 aliphatic heterocycles. The zero-order valence-corrected chi connectivity index (χ0v) is 16.5. The second kappa shape index (κ2) is 8.16. The molecule has 2 N–H and O–H groups in total. The van der Waals surface area contributed by atoms with E-state index in [4.69, 9.17) is 4.74 Å². The molecule has 142 valence electrons. The standard InChI is InChI=1S/C18H32N4O2S/c1-22(2)14(23)12-20-17(19-9-11-25-3)21-15-13-6-10-24-16(13)18(15)7-4-5-8-18/h13,15-16H,4-12H2,1-3H3,(H2,19,20,21). The fourth-order valence-electron chi connectivity index (χ4n) is 4.76. The summed E-state index contributed by atoms with van der Waals surface area (Å²) >= 11 is 1.81. The van der Waals surface area contributed by atoms with Gasteiger partial charge in [0.25, 0.3) is 0 Å². The lowest BCUT2D eigenvalue weighted by molar-refractivity contribution is -0.127. The first-order valence-electron chi connectivity index (χ1n) is 9.44. The van der Waals surface area contributed by atoms with Crippen molar-refractivity contribution in [2.24, 2.45) is 16.3 Å². The summed E-state index contributed by atoms with van der Waals surface area (Å²) in [5.41, 5.74) is 0.286. The van der Waals surface area contributed by atoms with Crippen LogP contribution >= 0.6 is 11.8 Å². The molecule has 25 heavy (non-hydrogen) atoms. The van der Waals surface area contributed by atoms with E-state index in [1.165, 1.54) is 25.7 Å². The fourth-order valence-corrected chi connectivity index (χ4v) is 5.07. The molecule has 1 amide bonds. The van der Waals surface area contributed by atoms with Gasteiger partial charge in [-0.2, -0.15) is 11.8 Å². The molecule has 7 heteroatoms. The van der Waals surface area contributed by atoms with Crippen molar-refractivity contribution >= 4 is 23.6 Å². The predicted molar refractivity (Wildman–Crippen MR) is 103 cm³/mol. The molecule has 0 aromatic carbocycles. The van der Waals surface area contributed by atoms with Crippen LogP contribution in [0.25, 0.3) is 0 Å². The van der Waals surface area contributed by atoms with Gasteiger partial charge in [-0.3, -0.25) is 4.79 Å². The third-order valence-electron chi connectivity index (χ3n) is 6.05. The quantitative estimate of drug-likeness (QED) is 0.421. The molecule has 0 aromatic rings. The van der Waals surface area contributed by atoms with Crippen molar-refractivity contribution in [1.82, 2.24) is 15.5 Å². The van der Waals surface area contributed by atoms with Gasteiger partial charge in [-0.15, -0.1) is 0 Å². The maximum Gasteiger partial charge on any atom is 0.243 e. The minimum atomic E-state index is 0.0252. The normalized spacial score (nSPS) is 30.0. The molecule has 1 spiro atoms. The Kier molecular flexibility index (Phi) is 6.15. The van der Waals surface area contributed by atoms with Crippen molar-refractivity contribution in [1.29, 1.82) is 0 Å². The van der Waals surface area contributed by atoms with Crippen LogP contribution in [0.4, 0.5) is 0 Å². The maximum absolute atomic E-state index is 11.9. The van der Waals surface area contributed by atoms with Gasteiger partial charge in [-0.1, -0.05) is 12.8 Å². The van der Waals surface area contributed by atoms with Crippen LogP contribution in [0.2, 0.25) is 0 Å². The number of ether oxygens (including phenoxy) is 1. The van der Waals surface area contributed by atoms with E-state index in [-0.39, 0.29) is 17.9 Å². The van der Waals surface area contributed by atoms with Gasteiger partial charge in [0.15, 0.2) is 5.96 Å². The molecule has 3 rings (SSSR count). The largest absolute Gasteiger partial charge is 0.377 e. The topological polar surface area (TPSA) is 66.0 Å².